The SMILES string of the molecule is N#CCC1=NC(N)=NC(Cl)N1N. The number of alkyl halides is 1. The number of nitrogens with zero attached hydrogens (tertiary/aromatic N) is 4. The van der Waals surface area contributed by atoms with E-state index in [1.165, 1.54) is 0 Å². The van der Waals surface area contributed by atoms with Gasteiger partial charge in [0, 0.05) is 0 Å². The van der Waals surface area contributed by atoms with Gasteiger partial charge < -0.3 is 5.73 Å². The lowest BCUT2D eigenvalue weighted by Crippen LogP contribution is -2.46. The topological polar surface area (TPSA) is 104 Å². The van der Waals surface area contributed by atoms with Crippen molar-refractivity contribution in [2.45, 2.75) is 12.0 Å². The van der Waals surface area contributed by atoms with Gasteiger partial charge in [-0.15, -0.1) is 0 Å². The van der Waals surface area contributed by atoms with Crippen LogP contribution in [-0.2, 0) is 0 Å². The Kier molecular flexibility index (Phi) is 2.47. The van der Waals surface area contributed by atoms with Crippen LogP contribution in [0.2, 0.25) is 0 Å². The molecule has 0 aromatic heterocycles. The summed E-state index contributed by atoms with van der Waals surface area (Å²) in [5, 5.41) is 9.47. The minimum atomic E-state index is -0.772. The molecule has 64 valence electrons. The molecule has 0 saturated carbocycles. The molecule has 0 spiro atoms. The van der Waals surface area contributed by atoms with Gasteiger partial charge in [0.25, 0.3) is 0 Å². The van der Waals surface area contributed by atoms with E-state index in [1.807, 2.05) is 6.07 Å². The van der Waals surface area contributed by atoms with Gasteiger partial charge in [0.15, 0.2) is 0 Å². The number of halogens is 1. The molecule has 0 bridgehead atoms. The largest absolute Gasteiger partial charge is 0.368 e. The minimum Gasteiger partial charge on any atom is -0.368 e. The van der Waals surface area contributed by atoms with Crippen molar-refractivity contribution in [1.29, 1.82) is 5.26 Å². The maximum atomic E-state index is 8.37. The number of hydrazine groups is 1. The fourth-order valence-corrected chi connectivity index (χ4v) is 0.927. The Morgan fingerprint density at radius 3 is 3.00 bits per heavy atom. The van der Waals surface area contributed by atoms with Crippen molar-refractivity contribution in [3.05, 3.63) is 0 Å². The molecule has 1 aliphatic heterocycles. The molecule has 6 nitrogen and oxygen atoms in total. The summed E-state index contributed by atoms with van der Waals surface area (Å²) in [4.78, 5) is 7.40. The third kappa shape index (κ3) is 1.64. The lowest BCUT2D eigenvalue weighted by Gasteiger charge is -2.24. The Morgan fingerprint density at radius 2 is 2.42 bits per heavy atom. The van der Waals surface area contributed by atoms with E-state index >= 15 is 0 Å². The minimum absolute atomic E-state index is 0.0435. The lowest BCUT2D eigenvalue weighted by atomic mass is 10.4. The first-order chi connectivity index (χ1) is 5.65. The standard InChI is InChI=1S/C5H7ClN6/c6-4-11-5(8)10-3(1-2-7)12(4)9/h4H,1,9H2,(H2,8,11). The number of aliphatic imine (C=N–C) groups is 2. The van der Waals surface area contributed by atoms with E-state index in [-0.39, 0.29) is 12.4 Å². The number of hydrogen-bond acceptors (Lipinski definition) is 6. The summed E-state index contributed by atoms with van der Waals surface area (Å²) >= 11 is 5.64. The quantitative estimate of drug-likeness (QED) is 0.322. The third-order valence-electron chi connectivity index (χ3n) is 1.25. The average Bonchev–Trinajstić information content (AvgIpc) is 2.00. The molecule has 0 aromatic carbocycles. The molecule has 7 heteroatoms. The Morgan fingerprint density at radius 1 is 1.75 bits per heavy atom. The van der Waals surface area contributed by atoms with Gasteiger partial charge in [-0.2, -0.15) is 10.3 Å². The molecule has 0 radical (unpaired) electrons. The zero-order chi connectivity index (χ0) is 9.14. The zero-order valence-electron chi connectivity index (χ0n) is 6.11. The van der Waals surface area contributed by atoms with Crippen molar-refractivity contribution in [3.8, 4) is 6.07 Å². The molecule has 12 heavy (non-hydrogen) atoms. The highest BCUT2D eigenvalue weighted by molar-refractivity contribution is 6.22. The highest BCUT2D eigenvalue weighted by Gasteiger charge is 2.20. The van der Waals surface area contributed by atoms with Crippen LogP contribution in [0.5, 0.6) is 0 Å². The summed E-state index contributed by atoms with van der Waals surface area (Å²) in [6.07, 6.45) is 0.0654. The van der Waals surface area contributed by atoms with Crippen molar-refractivity contribution in [2.75, 3.05) is 0 Å². The average molecular weight is 187 g/mol. The van der Waals surface area contributed by atoms with Crippen LogP contribution in [0.3, 0.4) is 0 Å². The maximum Gasteiger partial charge on any atom is 0.220 e. The van der Waals surface area contributed by atoms with Crippen LogP contribution in [-0.4, -0.2) is 22.4 Å². The number of hydrogen-bond donors (Lipinski definition) is 2. The Balaban J connectivity index is 2.85. The van der Waals surface area contributed by atoms with Gasteiger partial charge in [-0.3, -0.25) is 5.01 Å². The van der Waals surface area contributed by atoms with E-state index < -0.39 is 5.62 Å². The van der Waals surface area contributed by atoms with Crippen molar-refractivity contribution in [1.82, 2.24) is 5.01 Å². The van der Waals surface area contributed by atoms with E-state index in [0.717, 1.165) is 5.01 Å². The predicted molar refractivity (Wildman–Crippen MR) is 45.0 cm³/mol. The van der Waals surface area contributed by atoms with Crippen LogP contribution < -0.4 is 11.6 Å². The van der Waals surface area contributed by atoms with Gasteiger partial charge in [0.1, 0.15) is 5.84 Å². The molecule has 1 rings (SSSR count). The molecule has 0 fully saturated rings. The first kappa shape index (κ1) is 8.77. The van der Waals surface area contributed by atoms with Crippen LogP contribution in [0.4, 0.5) is 0 Å². The zero-order valence-corrected chi connectivity index (χ0v) is 6.86. The molecule has 1 heterocycles. The smallest absolute Gasteiger partial charge is 0.220 e. The molecule has 0 aliphatic carbocycles. The summed E-state index contributed by atoms with van der Waals surface area (Å²) in [6.45, 7) is 0. The Bertz CT molecular complexity index is 276. The van der Waals surface area contributed by atoms with Gasteiger partial charge >= 0.3 is 0 Å². The summed E-state index contributed by atoms with van der Waals surface area (Å²) in [6, 6.07) is 1.89. The second-order valence-corrected chi connectivity index (χ2v) is 2.46. The van der Waals surface area contributed by atoms with Crippen molar-refractivity contribution in [2.24, 2.45) is 21.6 Å². The van der Waals surface area contributed by atoms with E-state index in [4.69, 9.17) is 28.4 Å². The number of amidine groups is 1. The third-order valence-corrected chi connectivity index (χ3v) is 1.56. The number of nitrogens with two attached hydrogens (primary N) is 2. The molecule has 0 amide bonds. The molecular weight excluding hydrogens is 180 g/mol. The van der Waals surface area contributed by atoms with E-state index in [0.29, 0.717) is 5.84 Å². The second-order valence-electron chi connectivity index (χ2n) is 2.07. The molecule has 1 atom stereocenters. The first-order valence-corrected chi connectivity index (χ1v) is 3.54. The molecular formula is C5H7ClN6. The van der Waals surface area contributed by atoms with Gasteiger partial charge in [0.05, 0.1) is 12.5 Å². The molecule has 4 N–H and O–H groups in total. The van der Waals surface area contributed by atoms with Crippen LogP contribution in [0.15, 0.2) is 9.98 Å². The lowest BCUT2D eigenvalue weighted by molar-refractivity contribution is 0.404. The van der Waals surface area contributed by atoms with Crippen LogP contribution in [0.1, 0.15) is 6.42 Å². The van der Waals surface area contributed by atoms with Gasteiger partial charge in [-0.25, -0.2) is 10.8 Å². The summed E-state index contributed by atoms with van der Waals surface area (Å²) < 4.78 is 0. The van der Waals surface area contributed by atoms with E-state index in [9.17, 15) is 0 Å². The monoisotopic (exact) mass is 186 g/mol. The van der Waals surface area contributed by atoms with Crippen molar-refractivity contribution >= 4 is 23.4 Å². The number of rotatable bonds is 1. The van der Waals surface area contributed by atoms with Crippen molar-refractivity contribution in [3.63, 3.8) is 0 Å². The van der Waals surface area contributed by atoms with Crippen molar-refractivity contribution < 1.29 is 0 Å². The highest BCUT2D eigenvalue weighted by atomic mass is 35.5. The van der Waals surface area contributed by atoms with E-state index in [1.54, 1.807) is 0 Å². The van der Waals surface area contributed by atoms with Crippen LogP contribution >= 0.6 is 11.6 Å². The summed E-state index contributed by atoms with van der Waals surface area (Å²) in [5.74, 6) is 5.80. The van der Waals surface area contributed by atoms with Crippen LogP contribution in [0, 0.1) is 11.3 Å². The van der Waals surface area contributed by atoms with Gasteiger partial charge in [-0.1, -0.05) is 11.6 Å². The van der Waals surface area contributed by atoms with E-state index in [2.05, 4.69) is 9.98 Å². The molecule has 1 aliphatic rings. The molecule has 0 aromatic rings. The van der Waals surface area contributed by atoms with Gasteiger partial charge in [-0.05, 0) is 0 Å². The Hall–Kier alpha value is -1.32. The molecule has 0 saturated heterocycles. The number of guanidine groups is 1. The molecule has 1 unspecified atom stereocenters. The summed E-state index contributed by atoms with van der Waals surface area (Å²) in [7, 11) is 0. The first-order valence-electron chi connectivity index (χ1n) is 3.11. The highest BCUT2D eigenvalue weighted by Crippen LogP contribution is 2.09. The van der Waals surface area contributed by atoms with Gasteiger partial charge in [0.2, 0.25) is 11.6 Å². The van der Waals surface area contributed by atoms with Crippen LogP contribution in [0.25, 0.3) is 0 Å². The summed E-state index contributed by atoms with van der Waals surface area (Å²) in [5.41, 5.74) is 4.52. The fourth-order valence-electron chi connectivity index (χ4n) is 0.715. The normalized spacial score (nSPS) is 22.8. The second kappa shape index (κ2) is 3.38. The number of nitriles is 1. The fraction of sp³-hybridized carbons (Fsp3) is 0.400. The Labute approximate surface area is 74.1 Å². The maximum absolute atomic E-state index is 8.37. The predicted octanol–water partition coefficient (Wildman–Crippen LogP) is -0.675.